The van der Waals surface area contributed by atoms with Crippen LogP contribution >= 0.6 is 31.9 Å². The molecule has 0 aromatic heterocycles. The summed E-state index contributed by atoms with van der Waals surface area (Å²) in [5.41, 5.74) is 0. The number of fused-ring (bicyclic) bond motifs is 1. The van der Waals surface area contributed by atoms with Gasteiger partial charge in [-0.25, -0.2) is 0 Å². The Hall–Kier alpha value is -1.32. The number of ether oxygens (including phenoxy) is 1. The zero-order chi connectivity index (χ0) is 13.2. The normalized spacial score (nSPS) is 10.6. The Morgan fingerprint density at radius 2 is 1.26 bits per heavy atom. The van der Waals surface area contributed by atoms with Crippen LogP contribution in [0.5, 0.6) is 11.5 Å². The van der Waals surface area contributed by atoms with Crippen molar-refractivity contribution in [2.24, 2.45) is 0 Å². The van der Waals surface area contributed by atoms with Crippen molar-refractivity contribution in [3.63, 3.8) is 0 Å². The topological polar surface area (TPSA) is 9.23 Å². The first-order valence-electron chi connectivity index (χ1n) is 5.85. The molecule has 0 saturated heterocycles. The molecule has 0 fully saturated rings. The molecule has 19 heavy (non-hydrogen) atoms. The maximum absolute atomic E-state index is 5.95. The molecule has 0 saturated carbocycles. The molecule has 94 valence electrons. The van der Waals surface area contributed by atoms with Gasteiger partial charge in [0, 0.05) is 0 Å². The van der Waals surface area contributed by atoms with Gasteiger partial charge in [-0.3, -0.25) is 0 Å². The summed E-state index contributed by atoms with van der Waals surface area (Å²) in [5.74, 6) is 1.61. The monoisotopic (exact) mass is 376 g/mol. The molecule has 0 unspecified atom stereocenters. The summed E-state index contributed by atoms with van der Waals surface area (Å²) < 4.78 is 7.84. The third kappa shape index (κ3) is 2.67. The first kappa shape index (κ1) is 12.7. The average molecular weight is 378 g/mol. The molecule has 3 aromatic rings. The van der Waals surface area contributed by atoms with Crippen LogP contribution in [0.4, 0.5) is 0 Å². The molecule has 0 radical (unpaired) electrons. The summed E-state index contributed by atoms with van der Waals surface area (Å²) >= 11 is 7.05. The number of halogens is 2. The Kier molecular flexibility index (Phi) is 3.58. The maximum Gasteiger partial charge on any atom is 0.142 e. The standard InChI is InChI=1S/C16H10Br2O/c17-13-7-3-4-8-15(13)19-16-10-12-6-2-1-5-11(12)9-14(16)18/h1-10H. The third-order valence-corrected chi connectivity index (χ3v) is 4.13. The Balaban J connectivity index is 2.06. The van der Waals surface area contributed by atoms with Crippen molar-refractivity contribution in [1.82, 2.24) is 0 Å². The molecule has 0 heterocycles. The van der Waals surface area contributed by atoms with E-state index in [-0.39, 0.29) is 0 Å². The lowest BCUT2D eigenvalue weighted by Crippen LogP contribution is -1.87. The number of benzene rings is 3. The van der Waals surface area contributed by atoms with Crippen LogP contribution < -0.4 is 4.74 Å². The molecule has 0 N–H and O–H groups in total. The van der Waals surface area contributed by atoms with Crippen LogP contribution in [0.1, 0.15) is 0 Å². The molecule has 3 rings (SSSR count). The van der Waals surface area contributed by atoms with E-state index in [4.69, 9.17) is 4.74 Å². The summed E-state index contributed by atoms with van der Waals surface area (Å²) in [5, 5.41) is 2.35. The van der Waals surface area contributed by atoms with E-state index in [1.165, 1.54) is 5.39 Å². The van der Waals surface area contributed by atoms with Gasteiger partial charge in [0.1, 0.15) is 11.5 Å². The van der Waals surface area contributed by atoms with Gasteiger partial charge in [-0.1, -0.05) is 36.4 Å². The van der Waals surface area contributed by atoms with E-state index in [9.17, 15) is 0 Å². The van der Waals surface area contributed by atoms with Crippen LogP contribution in [0.3, 0.4) is 0 Å². The zero-order valence-electron chi connectivity index (χ0n) is 9.94. The number of para-hydroxylation sites is 1. The minimum atomic E-state index is 0.804. The molecule has 1 nitrogen and oxygen atoms in total. The molecule has 3 aromatic carbocycles. The van der Waals surface area contributed by atoms with E-state index in [2.05, 4.69) is 50.1 Å². The molecule has 0 amide bonds. The number of hydrogen-bond acceptors (Lipinski definition) is 1. The quantitative estimate of drug-likeness (QED) is 0.519. The second kappa shape index (κ2) is 5.35. The van der Waals surface area contributed by atoms with Gasteiger partial charge in [0.25, 0.3) is 0 Å². The summed E-state index contributed by atoms with van der Waals surface area (Å²) in [7, 11) is 0. The van der Waals surface area contributed by atoms with Gasteiger partial charge in [-0.05, 0) is 66.9 Å². The summed E-state index contributed by atoms with van der Waals surface area (Å²) in [4.78, 5) is 0. The molecule has 0 aliphatic rings. The third-order valence-electron chi connectivity index (χ3n) is 2.86. The lowest BCUT2D eigenvalue weighted by Gasteiger charge is -2.10. The Labute approximate surface area is 128 Å². The average Bonchev–Trinajstić information content (AvgIpc) is 2.42. The van der Waals surface area contributed by atoms with Crippen molar-refractivity contribution in [2.45, 2.75) is 0 Å². The van der Waals surface area contributed by atoms with Crippen LogP contribution in [0.2, 0.25) is 0 Å². The highest BCUT2D eigenvalue weighted by Crippen LogP contribution is 2.36. The van der Waals surface area contributed by atoms with Crippen LogP contribution in [0, 0.1) is 0 Å². The Morgan fingerprint density at radius 1 is 0.632 bits per heavy atom. The van der Waals surface area contributed by atoms with Crippen molar-refractivity contribution in [3.8, 4) is 11.5 Å². The van der Waals surface area contributed by atoms with Gasteiger partial charge >= 0.3 is 0 Å². The van der Waals surface area contributed by atoms with Gasteiger partial charge in [-0.2, -0.15) is 0 Å². The Morgan fingerprint density at radius 3 is 2.00 bits per heavy atom. The van der Waals surface area contributed by atoms with Crippen molar-refractivity contribution in [2.75, 3.05) is 0 Å². The van der Waals surface area contributed by atoms with E-state index < -0.39 is 0 Å². The van der Waals surface area contributed by atoms with Crippen molar-refractivity contribution < 1.29 is 4.74 Å². The predicted octanol–water partition coefficient (Wildman–Crippen LogP) is 6.16. The van der Waals surface area contributed by atoms with Gasteiger partial charge in [0.2, 0.25) is 0 Å². The van der Waals surface area contributed by atoms with E-state index in [1.54, 1.807) is 0 Å². The lowest BCUT2D eigenvalue weighted by atomic mass is 10.1. The van der Waals surface area contributed by atoms with E-state index in [0.29, 0.717) is 0 Å². The minimum Gasteiger partial charge on any atom is -0.455 e. The molecule has 0 bridgehead atoms. The highest BCUT2D eigenvalue weighted by atomic mass is 79.9. The SMILES string of the molecule is Brc1ccccc1Oc1cc2ccccc2cc1Br. The van der Waals surface area contributed by atoms with E-state index in [0.717, 1.165) is 25.8 Å². The summed E-state index contributed by atoms with van der Waals surface area (Å²) in [6.07, 6.45) is 0. The highest BCUT2D eigenvalue weighted by Gasteiger charge is 2.07. The molecular weight excluding hydrogens is 368 g/mol. The molecule has 0 aliphatic carbocycles. The first-order chi connectivity index (χ1) is 9.24. The minimum absolute atomic E-state index is 0.804. The smallest absolute Gasteiger partial charge is 0.142 e. The molecule has 0 aliphatic heterocycles. The van der Waals surface area contributed by atoms with Gasteiger partial charge in [0.05, 0.1) is 8.95 Å². The highest BCUT2D eigenvalue weighted by molar-refractivity contribution is 9.11. The van der Waals surface area contributed by atoms with Crippen molar-refractivity contribution >= 4 is 42.6 Å². The second-order valence-corrected chi connectivity index (χ2v) is 5.87. The molecule has 0 spiro atoms. The fourth-order valence-corrected chi connectivity index (χ4v) is 2.72. The van der Waals surface area contributed by atoms with Crippen LogP contribution in [0.25, 0.3) is 10.8 Å². The predicted molar refractivity (Wildman–Crippen MR) is 85.9 cm³/mol. The zero-order valence-corrected chi connectivity index (χ0v) is 13.1. The van der Waals surface area contributed by atoms with E-state index in [1.807, 2.05) is 42.5 Å². The van der Waals surface area contributed by atoms with Crippen LogP contribution in [-0.4, -0.2) is 0 Å². The molecular formula is C16H10Br2O. The van der Waals surface area contributed by atoms with Crippen molar-refractivity contribution in [1.29, 1.82) is 0 Å². The van der Waals surface area contributed by atoms with Crippen LogP contribution in [0.15, 0.2) is 69.6 Å². The van der Waals surface area contributed by atoms with Gasteiger partial charge < -0.3 is 4.74 Å². The van der Waals surface area contributed by atoms with E-state index >= 15 is 0 Å². The lowest BCUT2D eigenvalue weighted by molar-refractivity contribution is 0.477. The fraction of sp³-hybridized carbons (Fsp3) is 0. The molecule has 0 atom stereocenters. The largest absolute Gasteiger partial charge is 0.455 e. The Bertz CT molecular complexity index is 738. The fourth-order valence-electron chi connectivity index (χ4n) is 1.92. The van der Waals surface area contributed by atoms with Gasteiger partial charge in [-0.15, -0.1) is 0 Å². The van der Waals surface area contributed by atoms with Gasteiger partial charge in [0.15, 0.2) is 0 Å². The number of rotatable bonds is 2. The van der Waals surface area contributed by atoms with Crippen LogP contribution in [-0.2, 0) is 0 Å². The summed E-state index contributed by atoms with van der Waals surface area (Å²) in [6, 6.07) is 20.1. The first-order valence-corrected chi connectivity index (χ1v) is 7.43. The molecule has 3 heteroatoms. The second-order valence-electron chi connectivity index (χ2n) is 4.16. The van der Waals surface area contributed by atoms with Crippen molar-refractivity contribution in [3.05, 3.63) is 69.6 Å². The number of hydrogen-bond donors (Lipinski definition) is 0. The summed E-state index contributed by atoms with van der Waals surface area (Å²) in [6.45, 7) is 0. The maximum atomic E-state index is 5.95.